The van der Waals surface area contributed by atoms with Crippen LogP contribution in [0.2, 0.25) is 0 Å². The van der Waals surface area contributed by atoms with Crippen molar-refractivity contribution in [1.82, 2.24) is 9.80 Å². The molecule has 0 aromatic heterocycles. The maximum absolute atomic E-state index is 13.6. The van der Waals surface area contributed by atoms with E-state index in [2.05, 4.69) is 30.2 Å². The number of piperidine rings is 2. The first-order valence-corrected chi connectivity index (χ1v) is 11.4. The van der Waals surface area contributed by atoms with Crippen LogP contribution in [0.1, 0.15) is 56.9 Å². The van der Waals surface area contributed by atoms with E-state index >= 15 is 0 Å². The standard InChI is InChI=1S/C26H36N2O2/c1-3-16-26(17-4-2)18-8-9-20-28(26)25(30)23-14-15-24(29)27(21-23)19-10-13-22-11-6-5-7-12-22/h3-7,11-12,23H,1-2,8-10,13-21H2/t23-/m0/s1. The van der Waals surface area contributed by atoms with Gasteiger partial charge in [-0.25, -0.2) is 0 Å². The Morgan fingerprint density at radius 3 is 2.57 bits per heavy atom. The fourth-order valence-corrected chi connectivity index (χ4v) is 5.16. The Hall–Kier alpha value is -2.36. The Labute approximate surface area is 181 Å². The molecule has 1 atom stereocenters. The first-order chi connectivity index (χ1) is 14.6. The van der Waals surface area contributed by atoms with Crippen LogP contribution in [0.5, 0.6) is 0 Å². The largest absolute Gasteiger partial charge is 0.342 e. The molecule has 0 aliphatic carbocycles. The van der Waals surface area contributed by atoms with E-state index in [1.54, 1.807) is 0 Å². The number of aryl methyl sites for hydroxylation is 1. The lowest BCUT2D eigenvalue weighted by molar-refractivity contribution is -0.149. The van der Waals surface area contributed by atoms with Crippen molar-refractivity contribution < 1.29 is 9.59 Å². The van der Waals surface area contributed by atoms with Crippen molar-refractivity contribution in [2.45, 2.75) is 63.3 Å². The third-order valence-electron chi connectivity index (χ3n) is 6.75. The number of carbonyl (C=O) groups excluding carboxylic acids is 2. The van der Waals surface area contributed by atoms with Gasteiger partial charge in [0.1, 0.15) is 0 Å². The van der Waals surface area contributed by atoms with Crippen molar-refractivity contribution in [3.8, 4) is 0 Å². The molecule has 0 saturated carbocycles. The van der Waals surface area contributed by atoms with Gasteiger partial charge in [-0.15, -0.1) is 13.2 Å². The fraction of sp³-hybridized carbons (Fsp3) is 0.538. The van der Waals surface area contributed by atoms with Crippen LogP contribution in [-0.2, 0) is 16.0 Å². The number of hydrogen-bond acceptors (Lipinski definition) is 2. The van der Waals surface area contributed by atoms with Gasteiger partial charge < -0.3 is 9.80 Å². The van der Waals surface area contributed by atoms with E-state index in [1.165, 1.54) is 5.56 Å². The second-order valence-electron chi connectivity index (χ2n) is 8.82. The van der Waals surface area contributed by atoms with Gasteiger partial charge in [-0.1, -0.05) is 42.5 Å². The zero-order valence-electron chi connectivity index (χ0n) is 18.2. The summed E-state index contributed by atoms with van der Waals surface area (Å²) in [5.41, 5.74) is 1.11. The highest BCUT2D eigenvalue weighted by molar-refractivity contribution is 5.84. The lowest BCUT2D eigenvalue weighted by Gasteiger charge is -2.49. The molecule has 0 unspecified atom stereocenters. The Morgan fingerprint density at radius 2 is 1.87 bits per heavy atom. The van der Waals surface area contributed by atoms with Gasteiger partial charge >= 0.3 is 0 Å². The smallest absolute Gasteiger partial charge is 0.227 e. The number of rotatable bonds is 9. The molecule has 4 heteroatoms. The highest BCUT2D eigenvalue weighted by Crippen LogP contribution is 2.37. The maximum atomic E-state index is 13.6. The van der Waals surface area contributed by atoms with Gasteiger partial charge in [0.25, 0.3) is 0 Å². The summed E-state index contributed by atoms with van der Waals surface area (Å²) in [6, 6.07) is 10.4. The van der Waals surface area contributed by atoms with E-state index < -0.39 is 0 Å². The average Bonchev–Trinajstić information content (AvgIpc) is 2.76. The molecule has 2 fully saturated rings. The van der Waals surface area contributed by atoms with Crippen LogP contribution in [-0.4, -0.2) is 46.8 Å². The Balaban J connectivity index is 1.63. The second kappa shape index (κ2) is 10.6. The van der Waals surface area contributed by atoms with Gasteiger partial charge in [0, 0.05) is 31.6 Å². The normalized spacial score (nSPS) is 21.3. The van der Waals surface area contributed by atoms with E-state index in [1.807, 2.05) is 35.3 Å². The quantitative estimate of drug-likeness (QED) is 0.553. The van der Waals surface area contributed by atoms with Crippen molar-refractivity contribution in [1.29, 1.82) is 0 Å². The lowest BCUT2D eigenvalue weighted by atomic mass is 9.79. The molecule has 4 nitrogen and oxygen atoms in total. The van der Waals surface area contributed by atoms with Crippen LogP contribution in [0.3, 0.4) is 0 Å². The predicted octanol–water partition coefficient (Wildman–Crippen LogP) is 4.76. The number of benzene rings is 1. The Bertz CT molecular complexity index is 733. The minimum atomic E-state index is -0.182. The van der Waals surface area contributed by atoms with Gasteiger partial charge in [0.15, 0.2) is 0 Å². The van der Waals surface area contributed by atoms with Crippen LogP contribution in [0.25, 0.3) is 0 Å². The van der Waals surface area contributed by atoms with Crippen LogP contribution < -0.4 is 0 Å². The molecule has 162 valence electrons. The zero-order valence-corrected chi connectivity index (χ0v) is 18.2. The fourth-order valence-electron chi connectivity index (χ4n) is 5.16. The summed E-state index contributed by atoms with van der Waals surface area (Å²) in [5, 5.41) is 0. The van der Waals surface area contributed by atoms with Gasteiger partial charge in [-0.05, 0) is 56.9 Å². The molecular formula is C26H36N2O2. The zero-order chi connectivity index (χ0) is 21.4. The molecule has 0 N–H and O–H groups in total. The molecule has 2 heterocycles. The molecule has 2 aliphatic heterocycles. The number of carbonyl (C=O) groups is 2. The first kappa shape index (κ1) is 22.3. The highest BCUT2D eigenvalue weighted by atomic mass is 16.2. The SMILES string of the molecule is C=CCC1(CC=C)CCCCN1C(=O)[C@H]1CCC(=O)N(CCCc2ccccc2)C1. The monoisotopic (exact) mass is 408 g/mol. The predicted molar refractivity (Wildman–Crippen MR) is 122 cm³/mol. The molecule has 0 bridgehead atoms. The molecule has 1 aromatic rings. The minimum Gasteiger partial charge on any atom is -0.342 e. The number of hydrogen-bond donors (Lipinski definition) is 0. The molecule has 2 amide bonds. The minimum absolute atomic E-state index is 0.0912. The molecule has 0 spiro atoms. The van der Waals surface area contributed by atoms with Crippen LogP contribution >= 0.6 is 0 Å². The highest BCUT2D eigenvalue weighted by Gasteiger charge is 2.43. The molecule has 30 heavy (non-hydrogen) atoms. The summed E-state index contributed by atoms with van der Waals surface area (Å²) in [4.78, 5) is 30.1. The van der Waals surface area contributed by atoms with Gasteiger partial charge in [-0.2, -0.15) is 0 Å². The van der Waals surface area contributed by atoms with Crippen LogP contribution in [0.4, 0.5) is 0 Å². The molecule has 2 saturated heterocycles. The van der Waals surface area contributed by atoms with Gasteiger partial charge in [-0.3, -0.25) is 9.59 Å². The summed E-state index contributed by atoms with van der Waals surface area (Å²) in [7, 11) is 0. The summed E-state index contributed by atoms with van der Waals surface area (Å²) in [6.45, 7) is 9.97. The van der Waals surface area contributed by atoms with Crippen molar-refractivity contribution in [3.05, 3.63) is 61.2 Å². The average molecular weight is 409 g/mol. The lowest BCUT2D eigenvalue weighted by Crippen LogP contribution is -2.57. The molecular weight excluding hydrogens is 372 g/mol. The number of amides is 2. The van der Waals surface area contributed by atoms with Crippen molar-refractivity contribution in [2.24, 2.45) is 5.92 Å². The summed E-state index contributed by atoms with van der Waals surface area (Å²) < 4.78 is 0. The molecule has 3 rings (SSSR count). The molecule has 1 aromatic carbocycles. The van der Waals surface area contributed by atoms with E-state index in [-0.39, 0.29) is 23.3 Å². The van der Waals surface area contributed by atoms with Crippen LogP contribution in [0, 0.1) is 5.92 Å². The van der Waals surface area contributed by atoms with E-state index in [0.29, 0.717) is 19.4 Å². The first-order valence-electron chi connectivity index (χ1n) is 11.4. The summed E-state index contributed by atoms with van der Waals surface area (Å²) >= 11 is 0. The third-order valence-corrected chi connectivity index (χ3v) is 6.75. The van der Waals surface area contributed by atoms with Crippen molar-refractivity contribution >= 4 is 11.8 Å². The van der Waals surface area contributed by atoms with E-state index in [0.717, 1.165) is 58.0 Å². The Morgan fingerprint density at radius 1 is 1.13 bits per heavy atom. The summed E-state index contributed by atoms with van der Waals surface area (Å²) in [5.74, 6) is 0.319. The van der Waals surface area contributed by atoms with Gasteiger partial charge in [0.05, 0.1) is 5.92 Å². The summed E-state index contributed by atoms with van der Waals surface area (Å²) in [6.07, 6.45) is 11.7. The van der Waals surface area contributed by atoms with Crippen LogP contribution in [0.15, 0.2) is 55.6 Å². The second-order valence-corrected chi connectivity index (χ2v) is 8.82. The van der Waals surface area contributed by atoms with E-state index in [4.69, 9.17) is 0 Å². The third kappa shape index (κ3) is 5.21. The molecule has 2 aliphatic rings. The van der Waals surface area contributed by atoms with Crippen molar-refractivity contribution in [2.75, 3.05) is 19.6 Å². The number of likely N-dealkylation sites (tertiary alicyclic amines) is 2. The Kier molecular flexibility index (Phi) is 7.89. The van der Waals surface area contributed by atoms with Crippen molar-refractivity contribution in [3.63, 3.8) is 0 Å². The van der Waals surface area contributed by atoms with E-state index in [9.17, 15) is 9.59 Å². The molecule has 0 radical (unpaired) electrons. The maximum Gasteiger partial charge on any atom is 0.227 e. The number of nitrogens with zero attached hydrogens (tertiary/aromatic N) is 2. The van der Waals surface area contributed by atoms with Gasteiger partial charge in [0.2, 0.25) is 11.8 Å². The topological polar surface area (TPSA) is 40.6 Å².